The van der Waals surface area contributed by atoms with Gasteiger partial charge in [0.15, 0.2) is 5.82 Å². The molecule has 236 valence electrons. The van der Waals surface area contributed by atoms with Crippen molar-refractivity contribution in [1.82, 2.24) is 20.8 Å². The maximum Gasteiger partial charge on any atom is 0.220 e. The van der Waals surface area contributed by atoms with Gasteiger partial charge in [0.05, 0.1) is 17.4 Å². The molecule has 43 heavy (non-hydrogen) atoms. The second-order valence-electron chi connectivity index (χ2n) is 12.9. The largest absolute Gasteiger partial charge is 0.507 e. The lowest BCUT2D eigenvalue weighted by Gasteiger charge is -2.35. The first-order valence-corrected chi connectivity index (χ1v) is 15.7. The highest BCUT2D eigenvalue weighted by Gasteiger charge is 2.26. The normalized spacial score (nSPS) is 18.3. The Kier molecular flexibility index (Phi) is 13.2. The van der Waals surface area contributed by atoms with Crippen LogP contribution >= 0.6 is 0 Å². The molecule has 0 spiro atoms. The van der Waals surface area contributed by atoms with Crippen LogP contribution in [0.25, 0.3) is 11.3 Å². The monoisotopic (exact) mass is 594 g/mol. The van der Waals surface area contributed by atoms with E-state index < -0.39 is 6.04 Å². The van der Waals surface area contributed by atoms with Crippen LogP contribution < -0.4 is 21.3 Å². The van der Waals surface area contributed by atoms with Gasteiger partial charge in [-0.05, 0) is 55.2 Å². The lowest BCUT2D eigenvalue weighted by Crippen LogP contribution is -2.44. The number of anilines is 2. The highest BCUT2D eigenvalue weighted by atomic mass is 16.3. The van der Waals surface area contributed by atoms with E-state index in [0.717, 1.165) is 89.1 Å². The Labute approximate surface area is 256 Å². The number of nitrogens with one attached hydrogen (secondary N) is 2. The van der Waals surface area contributed by atoms with Gasteiger partial charge in [-0.3, -0.25) is 9.59 Å². The van der Waals surface area contributed by atoms with Gasteiger partial charge in [0.25, 0.3) is 0 Å². The van der Waals surface area contributed by atoms with Crippen LogP contribution in [0.2, 0.25) is 0 Å². The van der Waals surface area contributed by atoms with Crippen molar-refractivity contribution < 1.29 is 19.5 Å². The van der Waals surface area contributed by atoms with Crippen molar-refractivity contribution in [3.63, 3.8) is 0 Å². The number of aromatic hydroxyl groups is 1. The van der Waals surface area contributed by atoms with E-state index >= 15 is 0 Å². The molecule has 5 N–H and O–H groups in total. The van der Waals surface area contributed by atoms with E-state index in [9.17, 15) is 19.5 Å². The molecular weight excluding hydrogens is 544 g/mol. The second-order valence-corrected chi connectivity index (χ2v) is 12.9. The van der Waals surface area contributed by atoms with Crippen LogP contribution in [-0.2, 0) is 14.4 Å². The topological polar surface area (TPSA) is 151 Å². The van der Waals surface area contributed by atoms with Crippen molar-refractivity contribution in [3.05, 3.63) is 30.3 Å². The zero-order valence-electron chi connectivity index (χ0n) is 26.1. The molecule has 1 aliphatic heterocycles. The third-order valence-electron chi connectivity index (χ3n) is 8.36. The molecule has 0 aliphatic carbocycles. The molecule has 1 fully saturated rings. The number of rotatable bonds is 15. The van der Waals surface area contributed by atoms with Gasteiger partial charge in [-0.1, -0.05) is 71.4 Å². The average Bonchev–Trinajstić information content (AvgIpc) is 2.95. The summed E-state index contributed by atoms with van der Waals surface area (Å²) in [6, 6.07) is 8.48. The van der Waals surface area contributed by atoms with E-state index in [1.807, 2.05) is 32.9 Å². The summed E-state index contributed by atoms with van der Waals surface area (Å²) in [5.41, 5.74) is 7.96. The van der Waals surface area contributed by atoms with Gasteiger partial charge in [0, 0.05) is 31.1 Å². The quantitative estimate of drug-likeness (QED) is 0.166. The van der Waals surface area contributed by atoms with Gasteiger partial charge in [-0.2, -0.15) is 0 Å². The van der Waals surface area contributed by atoms with Gasteiger partial charge in [-0.25, -0.2) is 0 Å². The molecular formula is C33H50N6O4. The number of aromatic nitrogens is 2. The molecule has 1 saturated heterocycles. The van der Waals surface area contributed by atoms with E-state index in [1.54, 1.807) is 18.2 Å². The Morgan fingerprint density at radius 1 is 1.07 bits per heavy atom. The molecule has 3 unspecified atom stereocenters. The number of carbonyl (C=O) groups excluding carboxylic acids is 3. The molecule has 0 radical (unpaired) electrons. The lowest BCUT2D eigenvalue weighted by molar-refractivity contribution is -0.125. The SMILES string of the molecule is CC(C)(C)C(C=O)NC(=O)CCCCCCCCC1CCCC(NC=O)CN(c2cc(-c3ccccc3O)nnc2N)C1. The molecule has 1 aliphatic rings. The molecule has 3 atom stereocenters. The minimum absolute atomic E-state index is 0.0134. The Morgan fingerprint density at radius 3 is 2.49 bits per heavy atom. The second kappa shape index (κ2) is 16.8. The summed E-state index contributed by atoms with van der Waals surface area (Å²) < 4.78 is 0. The maximum absolute atomic E-state index is 12.2. The summed E-state index contributed by atoms with van der Waals surface area (Å²) in [6.07, 6.45) is 12.5. The minimum Gasteiger partial charge on any atom is -0.507 e. The van der Waals surface area contributed by atoms with Crippen LogP contribution in [0.15, 0.2) is 30.3 Å². The Balaban J connectivity index is 1.50. The predicted octanol–water partition coefficient (Wildman–Crippen LogP) is 5.00. The molecule has 0 bridgehead atoms. The number of aldehydes is 1. The first-order valence-electron chi connectivity index (χ1n) is 15.7. The van der Waals surface area contributed by atoms with E-state index in [1.165, 1.54) is 0 Å². The molecule has 1 aromatic carbocycles. The number of phenolic OH excluding ortho intramolecular Hbond substituents is 1. The molecule has 0 saturated carbocycles. The van der Waals surface area contributed by atoms with Gasteiger partial charge >= 0.3 is 0 Å². The zero-order valence-corrected chi connectivity index (χ0v) is 26.1. The third kappa shape index (κ3) is 10.8. The van der Waals surface area contributed by atoms with Crippen molar-refractivity contribution in [2.45, 2.75) is 103 Å². The Hall–Kier alpha value is -3.69. The fourth-order valence-corrected chi connectivity index (χ4v) is 5.74. The number of nitrogens with two attached hydrogens (primary N) is 1. The van der Waals surface area contributed by atoms with Gasteiger partial charge < -0.3 is 31.2 Å². The summed E-state index contributed by atoms with van der Waals surface area (Å²) in [5.74, 6) is 0.894. The smallest absolute Gasteiger partial charge is 0.220 e. The number of hydrogen-bond acceptors (Lipinski definition) is 8. The van der Waals surface area contributed by atoms with Crippen LogP contribution in [-0.4, -0.2) is 59.1 Å². The van der Waals surface area contributed by atoms with Crippen molar-refractivity contribution in [2.24, 2.45) is 11.3 Å². The lowest BCUT2D eigenvalue weighted by atomic mass is 9.87. The van der Waals surface area contributed by atoms with E-state index in [0.29, 0.717) is 36.0 Å². The van der Waals surface area contributed by atoms with Crippen LogP contribution in [0.3, 0.4) is 0 Å². The summed E-state index contributed by atoms with van der Waals surface area (Å²) in [7, 11) is 0. The van der Waals surface area contributed by atoms with Crippen molar-refractivity contribution in [1.29, 1.82) is 0 Å². The Morgan fingerprint density at radius 2 is 1.79 bits per heavy atom. The zero-order chi connectivity index (χ0) is 31.2. The Bertz CT molecular complexity index is 1180. The molecule has 1 aromatic heterocycles. The van der Waals surface area contributed by atoms with Crippen LogP contribution in [0.1, 0.15) is 91.4 Å². The fourth-order valence-electron chi connectivity index (χ4n) is 5.74. The number of nitrogens with zero attached hydrogens (tertiary/aromatic N) is 3. The number of para-hydroxylation sites is 1. The van der Waals surface area contributed by atoms with E-state index in [4.69, 9.17) is 5.73 Å². The maximum atomic E-state index is 12.2. The number of nitrogen functional groups attached to an aromatic ring is 1. The molecule has 2 amide bonds. The third-order valence-corrected chi connectivity index (χ3v) is 8.36. The van der Waals surface area contributed by atoms with E-state index in [2.05, 4.69) is 25.7 Å². The van der Waals surface area contributed by atoms with Crippen LogP contribution in [0, 0.1) is 11.3 Å². The highest BCUT2D eigenvalue weighted by molar-refractivity contribution is 5.80. The minimum atomic E-state index is -0.457. The number of amides is 2. The fraction of sp³-hybridized carbons (Fsp3) is 0.606. The number of unbranched alkanes of at least 4 members (excludes halogenated alkanes) is 5. The first-order chi connectivity index (χ1) is 20.6. The summed E-state index contributed by atoms with van der Waals surface area (Å²) in [6.45, 7) is 7.27. The van der Waals surface area contributed by atoms with Gasteiger partial charge in [-0.15, -0.1) is 10.2 Å². The highest BCUT2D eigenvalue weighted by Crippen LogP contribution is 2.33. The summed E-state index contributed by atoms with van der Waals surface area (Å²) in [5, 5.41) is 24.6. The summed E-state index contributed by atoms with van der Waals surface area (Å²) >= 11 is 0. The van der Waals surface area contributed by atoms with Crippen molar-refractivity contribution in [3.8, 4) is 17.0 Å². The number of carbonyl (C=O) groups is 3. The number of phenols is 1. The molecule has 2 aromatic rings. The number of benzene rings is 1. The average molecular weight is 595 g/mol. The van der Waals surface area contributed by atoms with Gasteiger partial charge in [0.2, 0.25) is 12.3 Å². The first kappa shape index (κ1) is 33.8. The molecule has 2 heterocycles. The van der Waals surface area contributed by atoms with Crippen molar-refractivity contribution >= 4 is 30.1 Å². The molecule has 10 nitrogen and oxygen atoms in total. The van der Waals surface area contributed by atoms with Gasteiger partial charge in [0.1, 0.15) is 12.0 Å². The standard InChI is InChI=1S/C33H50N6O4/c1-33(2,3)30(22-40)36-31(43)18-9-7-5-4-6-8-13-24-14-12-15-25(35-23-41)21-39(20-24)28-19-27(37-38-32(28)34)26-16-10-11-17-29(26)42/h10-11,16-17,19,22-25,30,42H,4-9,12-15,18,20-21H2,1-3H3,(H2,34,38)(H,35,41)(H,36,43). The number of hydrogen-bond donors (Lipinski definition) is 4. The summed E-state index contributed by atoms with van der Waals surface area (Å²) in [4.78, 5) is 37.0. The molecule has 3 rings (SSSR count). The predicted molar refractivity (Wildman–Crippen MR) is 170 cm³/mol. The van der Waals surface area contributed by atoms with E-state index in [-0.39, 0.29) is 23.1 Å². The van der Waals surface area contributed by atoms with Crippen LogP contribution in [0.5, 0.6) is 5.75 Å². The van der Waals surface area contributed by atoms with Crippen molar-refractivity contribution in [2.75, 3.05) is 23.7 Å². The molecule has 10 heteroatoms. The van der Waals surface area contributed by atoms with Crippen LogP contribution in [0.4, 0.5) is 11.5 Å².